The largest absolute Gasteiger partial charge is 0.371 e. The zero-order chi connectivity index (χ0) is 8.27. The fourth-order valence-electron chi connectivity index (χ4n) is 1.21. The summed E-state index contributed by atoms with van der Waals surface area (Å²) in [5.41, 5.74) is 5.73. The van der Waals surface area contributed by atoms with Gasteiger partial charge in [-0.25, -0.2) is 0 Å². The van der Waals surface area contributed by atoms with Gasteiger partial charge < -0.3 is 11.1 Å². The van der Waals surface area contributed by atoms with Crippen molar-refractivity contribution in [1.82, 2.24) is 5.32 Å². The smallest absolute Gasteiger partial charge is 0.105 e. The summed E-state index contributed by atoms with van der Waals surface area (Å²) in [6, 6.07) is 0.0943. The lowest BCUT2D eigenvalue weighted by atomic mass is 10.0. The summed E-state index contributed by atoms with van der Waals surface area (Å²) in [6.45, 7) is 7.50. The SMILES string of the molecule is C=CC(C1=NCCN1)C(C)N. The van der Waals surface area contributed by atoms with E-state index < -0.39 is 0 Å². The standard InChI is InChI=1S/C8H15N3/c1-3-7(6(2)9)8-10-4-5-11-8/h3,6-7H,1,4-5,9H2,2H3,(H,10,11). The van der Waals surface area contributed by atoms with Crippen LogP contribution >= 0.6 is 0 Å². The minimum Gasteiger partial charge on any atom is -0.371 e. The Morgan fingerprint density at radius 3 is 2.91 bits per heavy atom. The topological polar surface area (TPSA) is 50.4 Å². The summed E-state index contributed by atoms with van der Waals surface area (Å²) in [7, 11) is 0. The molecule has 11 heavy (non-hydrogen) atoms. The maximum atomic E-state index is 5.73. The molecule has 3 nitrogen and oxygen atoms in total. The van der Waals surface area contributed by atoms with Crippen molar-refractivity contribution in [2.24, 2.45) is 16.6 Å². The summed E-state index contributed by atoms with van der Waals surface area (Å²) in [5, 5.41) is 3.19. The van der Waals surface area contributed by atoms with Crippen molar-refractivity contribution < 1.29 is 0 Å². The lowest BCUT2D eigenvalue weighted by Gasteiger charge is -2.16. The van der Waals surface area contributed by atoms with Gasteiger partial charge in [-0.3, -0.25) is 4.99 Å². The summed E-state index contributed by atoms with van der Waals surface area (Å²) >= 11 is 0. The molecule has 3 N–H and O–H groups in total. The van der Waals surface area contributed by atoms with Crippen LogP contribution in [0.2, 0.25) is 0 Å². The molecular formula is C8H15N3. The van der Waals surface area contributed by atoms with Crippen LogP contribution in [0.3, 0.4) is 0 Å². The normalized spacial score (nSPS) is 21.8. The Kier molecular flexibility index (Phi) is 2.65. The lowest BCUT2D eigenvalue weighted by molar-refractivity contribution is 0.653. The quantitative estimate of drug-likeness (QED) is 0.566. The summed E-state index contributed by atoms with van der Waals surface area (Å²) in [4.78, 5) is 4.28. The van der Waals surface area contributed by atoms with E-state index in [1.54, 1.807) is 0 Å². The van der Waals surface area contributed by atoms with Crippen LogP contribution in [0, 0.1) is 5.92 Å². The van der Waals surface area contributed by atoms with Crippen LogP contribution in [0.1, 0.15) is 6.92 Å². The van der Waals surface area contributed by atoms with Gasteiger partial charge in [0.1, 0.15) is 5.84 Å². The summed E-state index contributed by atoms with van der Waals surface area (Å²) in [6.07, 6.45) is 1.85. The first-order valence-corrected chi connectivity index (χ1v) is 3.92. The molecule has 0 bridgehead atoms. The molecule has 1 heterocycles. The number of amidine groups is 1. The molecule has 0 aromatic heterocycles. The first-order valence-electron chi connectivity index (χ1n) is 3.92. The molecule has 0 radical (unpaired) electrons. The monoisotopic (exact) mass is 153 g/mol. The maximum Gasteiger partial charge on any atom is 0.105 e. The second kappa shape index (κ2) is 3.53. The van der Waals surface area contributed by atoms with Gasteiger partial charge in [0.2, 0.25) is 0 Å². The van der Waals surface area contributed by atoms with Crippen LogP contribution in [-0.2, 0) is 0 Å². The van der Waals surface area contributed by atoms with E-state index in [1.807, 2.05) is 13.0 Å². The molecule has 62 valence electrons. The van der Waals surface area contributed by atoms with Gasteiger partial charge in [-0.15, -0.1) is 6.58 Å². The van der Waals surface area contributed by atoms with Crippen LogP contribution in [0.4, 0.5) is 0 Å². The van der Waals surface area contributed by atoms with Gasteiger partial charge in [0.25, 0.3) is 0 Å². The van der Waals surface area contributed by atoms with Gasteiger partial charge in [0.15, 0.2) is 0 Å². The third kappa shape index (κ3) is 1.80. The molecule has 2 unspecified atom stereocenters. The molecule has 0 aromatic carbocycles. The van der Waals surface area contributed by atoms with Crippen molar-refractivity contribution in [2.75, 3.05) is 13.1 Å². The maximum absolute atomic E-state index is 5.73. The molecule has 0 saturated heterocycles. The highest BCUT2D eigenvalue weighted by atomic mass is 15.1. The number of rotatable bonds is 3. The fourth-order valence-corrected chi connectivity index (χ4v) is 1.21. The highest BCUT2D eigenvalue weighted by Crippen LogP contribution is 2.06. The molecular weight excluding hydrogens is 138 g/mol. The summed E-state index contributed by atoms with van der Waals surface area (Å²) < 4.78 is 0. The molecule has 0 fully saturated rings. The van der Waals surface area contributed by atoms with Gasteiger partial charge in [0, 0.05) is 18.5 Å². The number of aliphatic imine (C=N–C) groups is 1. The second-order valence-electron chi connectivity index (χ2n) is 2.81. The zero-order valence-electron chi connectivity index (χ0n) is 6.88. The van der Waals surface area contributed by atoms with Crippen LogP contribution in [0.5, 0.6) is 0 Å². The van der Waals surface area contributed by atoms with Crippen LogP contribution < -0.4 is 11.1 Å². The third-order valence-corrected chi connectivity index (χ3v) is 1.84. The highest BCUT2D eigenvalue weighted by Gasteiger charge is 2.18. The van der Waals surface area contributed by atoms with E-state index in [9.17, 15) is 0 Å². The first kappa shape index (κ1) is 8.27. The number of hydrogen-bond acceptors (Lipinski definition) is 3. The fraction of sp³-hybridized carbons (Fsp3) is 0.625. The first-order chi connectivity index (χ1) is 5.25. The van der Waals surface area contributed by atoms with Crippen molar-refractivity contribution in [3.8, 4) is 0 Å². The van der Waals surface area contributed by atoms with Crippen LogP contribution in [0.15, 0.2) is 17.6 Å². The molecule has 0 aromatic rings. The van der Waals surface area contributed by atoms with E-state index in [0.717, 1.165) is 18.9 Å². The molecule has 1 aliphatic heterocycles. The minimum absolute atomic E-state index is 0.0943. The van der Waals surface area contributed by atoms with E-state index in [4.69, 9.17) is 5.73 Å². The molecule has 3 heteroatoms. The Balaban J connectivity index is 2.60. The van der Waals surface area contributed by atoms with Gasteiger partial charge in [-0.05, 0) is 6.92 Å². The lowest BCUT2D eigenvalue weighted by Crippen LogP contribution is -2.37. The Labute approximate surface area is 67.4 Å². The molecule has 0 saturated carbocycles. The Morgan fingerprint density at radius 2 is 2.55 bits per heavy atom. The van der Waals surface area contributed by atoms with Crippen molar-refractivity contribution in [3.63, 3.8) is 0 Å². The Morgan fingerprint density at radius 1 is 1.82 bits per heavy atom. The predicted molar refractivity (Wildman–Crippen MR) is 47.6 cm³/mol. The zero-order valence-corrected chi connectivity index (χ0v) is 6.88. The molecule has 2 atom stereocenters. The Bertz CT molecular complexity index is 172. The molecule has 0 spiro atoms. The molecule has 0 amide bonds. The minimum atomic E-state index is 0.0943. The van der Waals surface area contributed by atoms with Crippen molar-refractivity contribution >= 4 is 5.84 Å². The van der Waals surface area contributed by atoms with Crippen LogP contribution in [0.25, 0.3) is 0 Å². The van der Waals surface area contributed by atoms with E-state index in [2.05, 4.69) is 16.9 Å². The van der Waals surface area contributed by atoms with E-state index >= 15 is 0 Å². The number of nitrogens with zero attached hydrogens (tertiary/aromatic N) is 1. The van der Waals surface area contributed by atoms with E-state index in [0.29, 0.717) is 0 Å². The summed E-state index contributed by atoms with van der Waals surface area (Å²) in [5.74, 6) is 1.19. The number of nitrogens with two attached hydrogens (primary N) is 1. The van der Waals surface area contributed by atoms with E-state index in [1.165, 1.54) is 0 Å². The average molecular weight is 153 g/mol. The van der Waals surface area contributed by atoms with Crippen LogP contribution in [-0.4, -0.2) is 25.0 Å². The van der Waals surface area contributed by atoms with Gasteiger partial charge in [-0.2, -0.15) is 0 Å². The van der Waals surface area contributed by atoms with E-state index in [-0.39, 0.29) is 12.0 Å². The van der Waals surface area contributed by atoms with Crippen molar-refractivity contribution in [1.29, 1.82) is 0 Å². The van der Waals surface area contributed by atoms with Gasteiger partial charge in [-0.1, -0.05) is 6.08 Å². The van der Waals surface area contributed by atoms with Crippen molar-refractivity contribution in [3.05, 3.63) is 12.7 Å². The third-order valence-electron chi connectivity index (χ3n) is 1.84. The Hall–Kier alpha value is -0.830. The highest BCUT2D eigenvalue weighted by molar-refractivity contribution is 5.87. The number of nitrogens with one attached hydrogen (secondary N) is 1. The van der Waals surface area contributed by atoms with Gasteiger partial charge >= 0.3 is 0 Å². The molecule has 1 aliphatic rings. The predicted octanol–water partition coefficient (Wildman–Crippen LogP) is 0.137. The molecule has 0 aliphatic carbocycles. The van der Waals surface area contributed by atoms with Gasteiger partial charge in [0.05, 0.1) is 6.54 Å². The average Bonchev–Trinajstić information content (AvgIpc) is 2.40. The van der Waals surface area contributed by atoms with Crippen molar-refractivity contribution in [2.45, 2.75) is 13.0 Å². The molecule has 1 rings (SSSR count). The number of hydrogen-bond donors (Lipinski definition) is 2. The second-order valence-corrected chi connectivity index (χ2v) is 2.81.